The third kappa shape index (κ3) is 4.72. The molecule has 0 radical (unpaired) electrons. The quantitative estimate of drug-likeness (QED) is 0.679. The van der Waals surface area contributed by atoms with E-state index in [2.05, 4.69) is 21.2 Å². The number of halogens is 2. The zero-order valence-electron chi connectivity index (χ0n) is 15.1. The largest absolute Gasteiger partial charge is 0.455 e. The number of para-hydroxylation sites is 1. The van der Waals surface area contributed by atoms with E-state index in [0.717, 1.165) is 15.7 Å². The lowest BCUT2D eigenvalue weighted by atomic mass is 10.1. The Morgan fingerprint density at radius 1 is 1.29 bits per heavy atom. The van der Waals surface area contributed by atoms with Gasteiger partial charge in [0, 0.05) is 28.8 Å². The highest BCUT2D eigenvalue weighted by Gasteiger charge is 2.36. The van der Waals surface area contributed by atoms with Gasteiger partial charge in [-0.15, -0.1) is 0 Å². The highest BCUT2D eigenvalue weighted by atomic mass is 79.9. The van der Waals surface area contributed by atoms with Crippen LogP contribution in [-0.2, 0) is 19.1 Å². The third-order valence-corrected chi connectivity index (χ3v) is 5.61. The molecule has 1 N–H and O–H groups in total. The Morgan fingerprint density at radius 3 is 2.71 bits per heavy atom. The third-order valence-electron chi connectivity index (χ3n) is 4.41. The Bertz CT molecular complexity index is 920. The van der Waals surface area contributed by atoms with Crippen LogP contribution >= 0.6 is 27.5 Å². The van der Waals surface area contributed by atoms with Gasteiger partial charge in [-0.25, -0.2) is 0 Å². The number of anilines is 2. The van der Waals surface area contributed by atoms with Crippen molar-refractivity contribution in [3.05, 3.63) is 57.5 Å². The van der Waals surface area contributed by atoms with E-state index in [0.29, 0.717) is 10.7 Å². The van der Waals surface area contributed by atoms with Gasteiger partial charge in [-0.3, -0.25) is 14.4 Å². The van der Waals surface area contributed by atoms with Crippen molar-refractivity contribution >= 4 is 56.7 Å². The Kier molecular flexibility index (Phi) is 6.36. The molecule has 1 atom stereocenters. The van der Waals surface area contributed by atoms with Crippen LogP contribution in [0.4, 0.5) is 11.4 Å². The molecule has 1 aliphatic rings. The number of nitrogens with zero attached hydrogens (tertiary/aromatic N) is 1. The molecule has 2 amide bonds. The van der Waals surface area contributed by atoms with Gasteiger partial charge in [0.05, 0.1) is 10.9 Å². The number of benzene rings is 2. The number of hydrogen-bond acceptors (Lipinski definition) is 4. The molecule has 0 spiro atoms. The van der Waals surface area contributed by atoms with Gasteiger partial charge in [-0.05, 0) is 52.7 Å². The topological polar surface area (TPSA) is 75.7 Å². The van der Waals surface area contributed by atoms with Crippen LogP contribution in [0.5, 0.6) is 0 Å². The van der Waals surface area contributed by atoms with E-state index in [9.17, 15) is 14.4 Å². The summed E-state index contributed by atoms with van der Waals surface area (Å²) >= 11 is 9.36. The summed E-state index contributed by atoms with van der Waals surface area (Å²) in [6, 6.07) is 12.5. The van der Waals surface area contributed by atoms with E-state index < -0.39 is 24.4 Å². The van der Waals surface area contributed by atoms with Crippen LogP contribution in [0, 0.1) is 12.8 Å². The standard InChI is InChI=1S/C20H18BrClN2O4/c1-12-7-15(21)16(22)9-17(12)23-18(25)11-28-20(27)13-8-19(26)24(10-13)14-5-3-2-4-6-14/h2-7,9,13H,8,10-11H2,1H3,(H,23,25)/t13-/m0/s1. The average molecular weight is 466 g/mol. The van der Waals surface area contributed by atoms with Crippen molar-refractivity contribution in [2.75, 3.05) is 23.4 Å². The van der Waals surface area contributed by atoms with Crippen LogP contribution < -0.4 is 10.2 Å². The van der Waals surface area contributed by atoms with Crippen molar-refractivity contribution in [1.29, 1.82) is 0 Å². The number of amides is 2. The molecule has 2 aromatic carbocycles. The van der Waals surface area contributed by atoms with Crippen LogP contribution in [0.25, 0.3) is 0 Å². The number of ether oxygens (including phenoxy) is 1. The van der Waals surface area contributed by atoms with Gasteiger partial charge in [-0.1, -0.05) is 29.8 Å². The number of rotatable bonds is 5. The molecule has 8 heteroatoms. The molecule has 0 aromatic heterocycles. The van der Waals surface area contributed by atoms with Crippen molar-refractivity contribution in [3.8, 4) is 0 Å². The monoisotopic (exact) mass is 464 g/mol. The van der Waals surface area contributed by atoms with Crippen molar-refractivity contribution < 1.29 is 19.1 Å². The summed E-state index contributed by atoms with van der Waals surface area (Å²) in [5, 5.41) is 3.13. The van der Waals surface area contributed by atoms with Crippen molar-refractivity contribution in [2.45, 2.75) is 13.3 Å². The highest BCUT2D eigenvalue weighted by molar-refractivity contribution is 9.10. The maximum absolute atomic E-state index is 12.3. The van der Waals surface area contributed by atoms with Crippen molar-refractivity contribution in [2.24, 2.45) is 5.92 Å². The molecule has 2 aromatic rings. The minimum absolute atomic E-state index is 0.0662. The second-order valence-electron chi connectivity index (χ2n) is 6.48. The normalized spacial score (nSPS) is 16.2. The SMILES string of the molecule is Cc1cc(Br)c(Cl)cc1NC(=O)COC(=O)[C@H]1CC(=O)N(c2ccccc2)C1. The van der Waals surface area contributed by atoms with E-state index in [1.165, 1.54) is 0 Å². The number of esters is 1. The number of hydrogen-bond donors (Lipinski definition) is 1. The first kappa shape index (κ1) is 20.4. The highest BCUT2D eigenvalue weighted by Crippen LogP contribution is 2.29. The Labute approximate surface area is 175 Å². The summed E-state index contributed by atoms with van der Waals surface area (Å²) in [4.78, 5) is 38.1. The van der Waals surface area contributed by atoms with Crippen LogP contribution in [0.2, 0.25) is 5.02 Å². The molecule has 1 aliphatic heterocycles. The van der Waals surface area contributed by atoms with Gasteiger partial charge < -0.3 is 15.0 Å². The molecule has 1 heterocycles. The molecule has 0 saturated carbocycles. The second-order valence-corrected chi connectivity index (χ2v) is 7.74. The lowest BCUT2D eigenvalue weighted by Crippen LogP contribution is -2.28. The van der Waals surface area contributed by atoms with Gasteiger partial charge in [0.25, 0.3) is 5.91 Å². The Morgan fingerprint density at radius 2 is 2.00 bits per heavy atom. The summed E-state index contributed by atoms with van der Waals surface area (Å²) in [5.41, 5.74) is 2.10. The summed E-state index contributed by atoms with van der Waals surface area (Å²) in [6.07, 6.45) is 0.0662. The zero-order valence-corrected chi connectivity index (χ0v) is 17.4. The fraction of sp³-hybridized carbons (Fsp3) is 0.250. The average Bonchev–Trinajstić information content (AvgIpc) is 3.06. The molecule has 1 fully saturated rings. The molecule has 0 unspecified atom stereocenters. The van der Waals surface area contributed by atoms with Crippen LogP contribution in [0.15, 0.2) is 46.9 Å². The van der Waals surface area contributed by atoms with Gasteiger partial charge in [0.2, 0.25) is 5.91 Å². The maximum Gasteiger partial charge on any atom is 0.311 e. The predicted octanol–water partition coefficient (Wildman–Crippen LogP) is 3.95. The number of carbonyl (C=O) groups excluding carboxylic acids is 3. The van der Waals surface area contributed by atoms with E-state index in [-0.39, 0.29) is 18.9 Å². The van der Waals surface area contributed by atoms with Gasteiger partial charge in [0.1, 0.15) is 0 Å². The molecule has 6 nitrogen and oxygen atoms in total. The molecule has 3 rings (SSSR count). The maximum atomic E-state index is 12.3. The van der Waals surface area contributed by atoms with Gasteiger partial charge in [0.15, 0.2) is 6.61 Å². The summed E-state index contributed by atoms with van der Waals surface area (Å²) < 4.78 is 5.84. The van der Waals surface area contributed by atoms with Crippen LogP contribution in [0.1, 0.15) is 12.0 Å². The number of aryl methyl sites for hydroxylation is 1. The van der Waals surface area contributed by atoms with E-state index in [4.69, 9.17) is 16.3 Å². The van der Waals surface area contributed by atoms with E-state index >= 15 is 0 Å². The molecular weight excluding hydrogens is 448 g/mol. The summed E-state index contributed by atoms with van der Waals surface area (Å²) in [7, 11) is 0. The fourth-order valence-corrected chi connectivity index (χ4v) is 3.57. The van der Waals surface area contributed by atoms with Gasteiger partial charge in [-0.2, -0.15) is 0 Å². The minimum atomic E-state index is -0.593. The number of carbonyl (C=O) groups is 3. The lowest BCUT2D eigenvalue weighted by molar-refractivity contribution is -0.151. The number of nitrogens with one attached hydrogen (secondary N) is 1. The van der Waals surface area contributed by atoms with Crippen LogP contribution in [-0.4, -0.2) is 30.9 Å². The van der Waals surface area contributed by atoms with Crippen LogP contribution in [0.3, 0.4) is 0 Å². The van der Waals surface area contributed by atoms with Crippen molar-refractivity contribution in [3.63, 3.8) is 0 Å². The molecular formula is C20H18BrClN2O4. The minimum Gasteiger partial charge on any atom is -0.455 e. The molecule has 28 heavy (non-hydrogen) atoms. The molecule has 1 saturated heterocycles. The summed E-state index contributed by atoms with van der Waals surface area (Å²) in [5.74, 6) is -1.77. The zero-order chi connectivity index (χ0) is 20.3. The molecule has 146 valence electrons. The molecule has 0 bridgehead atoms. The lowest BCUT2D eigenvalue weighted by Gasteiger charge is -2.16. The Hall–Kier alpha value is -2.38. The second kappa shape index (κ2) is 8.75. The van der Waals surface area contributed by atoms with E-state index in [1.54, 1.807) is 17.0 Å². The van der Waals surface area contributed by atoms with Gasteiger partial charge >= 0.3 is 5.97 Å². The fourth-order valence-electron chi connectivity index (χ4n) is 2.94. The smallest absolute Gasteiger partial charge is 0.311 e. The Balaban J connectivity index is 1.54. The summed E-state index contributed by atoms with van der Waals surface area (Å²) in [6.45, 7) is 1.64. The molecule has 0 aliphatic carbocycles. The van der Waals surface area contributed by atoms with Crippen molar-refractivity contribution in [1.82, 2.24) is 0 Å². The van der Waals surface area contributed by atoms with E-state index in [1.807, 2.05) is 37.3 Å². The predicted molar refractivity (Wildman–Crippen MR) is 110 cm³/mol. The first-order valence-electron chi connectivity index (χ1n) is 8.62. The first-order chi connectivity index (χ1) is 13.3. The first-order valence-corrected chi connectivity index (χ1v) is 9.80.